The Morgan fingerprint density at radius 1 is 0.390 bits per heavy atom. The number of unbranched alkanes of at least 4 members (excludes halogenated alkanes) is 1. The molecule has 8 rings (SSSR count). The first kappa shape index (κ1) is 39.2. The molecule has 4 aromatic rings. The molecule has 0 spiro atoms. The number of carbonyl (C=O) groups is 8. The van der Waals surface area contributed by atoms with Gasteiger partial charge in [0, 0.05) is 27.2 Å². The van der Waals surface area contributed by atoms with Gasteiger partial charge < -0.3 is 4.90 Å². The van der Waals surface area contributed by atoms with Gasteiger partial charge in [-0.2, -0.15) is 0 Å². The molecule has 4 aliphatic heterocycles. The lowest BCUT2D eigenvalue weighted by atomic mass is 9.98. The third-order valence-electron chi connectivity index (χ3n) is 11.7. The van der Waals surface area contributed by atoms with E-state index in [1.54, 1.807) is 60.7 Å². The van der Waals surface area contributed by atoms with Crippen LogP contribution in [0.1, 0.15) is 138 Å². The van der Waals surface area contributed by atoms with E-state index in [-0.39, 0.29) is 60.3 Å². The van der Waals surface area contributed by atoms with E-state index < -0.39 is 0 Å². The number of hydrogen-bond acceptors (Lipinski definition) is 9. The van der Waals surface area contributed by atoms with Gasteiger partial charge in [0.15, 0.2) is 0 Å². The van der Waals surface area contributed by atoms with E-state index in [9.17, 15) is 38.4 Å². The lowest BCUT2D eigenvalue weighted by Crippen LogP contribution is -2.36. The molecule has 300 valence electrons. The fourth-order valence-corrected chi connectivity index (χ4v) is 8.43. The highest BCUT2D eigenvalue weighted by Gasteiger charge is 2.38. The van der Waals surface area contributed by atoms with Crippen LogP contribution >= 0.6 is 0 Å². The van der Waals surface area contributed by atoms with Crippen molar-refractivity contribution in [2.24, 2.45) is 0 Å². The van der Waals surface area contributed by atoms with Crippen LogP contribution in [0.4, 0.5) is 0 Å². The molecule has 0 N–H and O–H groups in total. The summed E-state index contributed by atoms with van der Waals surface area (Å²) in [6, 6.07) is 20.7. The molecule has 0 aliphatic carbocycles. The Labute approximate surface area is 341 Å². The SMILES string of the molecule is CCCCN(CCCN1C(=O)c2ccc(Cc3ccc4c(c3)C(=O)N(C)C4=O)cc2C1=O)CCCN1C(=O)c2ccc(Cc3ccc4c(c3)C(=O)N(C)C4=O)cc2C1=O. The summed E-state index contributed by atoms with van der Waals surface area (Å²) in [6.07, 6.45) is 3.88. The second-order valence-electron chi connectivity index (χ2n) is 15.6. The highest BCUT2D eigenvalue weighted by Crippen LogP contribution is 2.30. The monoisotopic (exact) mass is 793 g/mol. The molecule has 8 amide bonds. The molecule has 0 unspecified atom stereocenters. The first-order valence-corrected chi connectivity index (χ1v) is 20.0. The molecule has 0 saturated carbocycles. The molecule has 13 nitrogen and oxygen atoms in total. The molecule has 0 atom stereocenters. The summed E-state index contributed by atoms with van der Waals surface area (Å²) in [7, 11) is 2.91. The molecular formula is C46H43N5O8. The summed E-state index contributed by atoms with van der Waals surface area (Å²) < 4.78 is 0. The summed E-state index contributed by atoms with van der Waals surface area (Å²) in [5.41, 5.74) is 6.12. The summed E-state index contributed by atoms with van der Waals surface area (Å²) in [6.45, 7) is 4.64. The number of hydrogen-bond donors (Lipinski definition) is 0. The van der Waals surface area contributed by atoms with Crippen molar-refractivity contribution in [3.63, 3.8) is 0 Å². The quantitative estimate of drug-likeness (QED) is 0.150. The van der Waals surface area contributed by atoms with Gasteiger partial charge in [-0.15, -0.1) is 0 Å². The molecular weight excluding hydrogens is 751 g/mol. The Bertz CT molecular complexity index is 2360. The number of amides is 8. The van der Waals surface area contributed by atoms with E-state index in [1.165, 1.54) is 23.9 Å². The zero-order valence-electron chi connectivity index (χ0n) is 33.2. The van der Waals surface area contributed by atoms with Crippen molar-refractivity contribution >= 4 is 47.3 Å². The lowest BCUT2D eigenvalue weighted by Gasteiger charge is -2.24. The van der Waals surface area contributed by atoms with Crippen molar-refractivity contribution in [1.82, 2.24) is 24.5 Å². The molecule has 4 aliphatic rings. The molecule has 0 saturated heterocycles. The van der Waals surface area contributed by atoms with Gasteiger partial charge in [0.25, 0.3) is 47.3 Å². The number of fused-ring (bicyclic) bond motifs is 4. The highest BCUT2D eigenvalue weighted by atomic mass is 16.2. The molecule has 0 fully saturated rings. The number of rotatable bonds is 15. The largest absolute Gasteiger partial charge is 0.303 e. The van der Waals surface area contributed by atoms with Crippen LogP contribution in [-0.2, 0) is 12.8 Å². The molecule has 13 heteroatoms. The zero-order valence-corrected chi connectivity index (χ0v) is 33.2. The van der Waals surface area contributed by atoms with E-state index in [2.05, 4.69) is 11.8 Å². The van der Waals surface area contributed by atoms with Crippen LogP contribution in [0.5, 0.6) is 0 Å². The van der Waals surface area contributed by atoms with Crippen molar-refractivity contribution < 1.29 is 38.4 Å². The topological polar surface area (TPSA) is 153 Å². The molecule has 0 aromatic heterocycles. The third-order valence-corrected chi connectivity index (χ3v) is 11.7. The first-order valence-electron chi connectivity index (χ1n) is 20.0. The van der Waals surface area contributed by atoms with Crippen LogP contribution in [0.25, 0.3) is 0 Å². The van der Waals surface area contributed by atoms with Crippen molar-refractivity contribution in [3.05, 3.63) is 140 Å². The standard InChI is InChI=1S/C46H43N5O8/c1-4-5-16-49(17-6-19-50-43(56)33-14-10-29(25-37(33)45(50)58)21-27-8-12-31-35(23-27)41(54)47(2)39(31)52)18-7-20-51-44(57)34-15-11-30(26-38(34)46(51)59)22-28-9-13-32-36(24-28)42(55)48(3)40(32)53/h8-15,23-26H,4-7,16-22H2,1-3H3. The minimum atomic E-state index is -0.345. The van der Waals surface area contributed by atoms with Gasteiger partial charge in [0.2, 0.25) is 0 Å². The zero-order chi connectivity index (χ0) is 41.7. The first-order chi connectivity index (χ1) is 28.4. The smallest absolute Gasteiger partial charge is 0.261 e. The maximum atomic E-state index is 13.5. The van der Waals surface area contributed by atoms with Gasteiger partial charge >= 0.3 is 0 Å². The second-order valence-corrected chi connectivity index (χ2v) is 15.6. The second kappa shape index (κ2) is 15.6. The Kier molecular flexibility index (Phi) is 10.4. The van der Waals surface area contributed by atoms with Crippen LogP contribution in [0.2, 0.25) is 0 Å². The van der Waals surface area contributed by atoms with Crippen LogP contribution in [0, 0.1) is 0 Å². The van der Waals surface area contributed by atoms with Gasteiger partial charge in [-0.05, 0) is 123 Å². The van der Waals surface area contributed by atoms with E-state index in [0.29, 0.717) is 83.3 Å². The fraction of sp³-hybridized carbons (Fsp3) is 0.304. The van der Waals surface area contributed by atoms with Crippen molar-refractivity contribution in [2.45, 2.75) is 45.4 Å². The third kappa shape index (κ3) is 7.05. The Morgan fingerprint density at radius 3 is 1.03 bits per heavy atom. The summed E-state index contributed by atoms with van der Waals surface area (Å²) in [5.74, 6) is -2.70. The highest BCUT2D eigenvalue weighted by molar-refractivity contribution is 6.23. The summed E-state index contributed by atoms with van der Waals surface area (Å²) in [5, 5.41) is 0. The normalized spacial score (nSPS) is 15.7. The van der Waals surface area contributed by atoms with E-state index in [4.69, 9.17) is 0 Å². The van der Waals surface area contributed by atoms with E-state index in [0.717, 1.165) is 51.4 Å². The minimum absolute atomic E-state index is 0.246. The van der Waals surface area contributed by atoms with Crippen LogP contribution < -0.4 is 0 Å². The number of nitrogens with zero attached hydrogens (tertiary/aromatic N) is 5. The average molecular weight is 794 g/mol. The summed E-state index contributed by atoms with van der Waals surface area (Å²) >= 11 is 0. The predicted octanol–water partition coefficient (Wildman–Crippen LogP) is 5.09. The van der Waals surface area contributed by atoms with Gasteiger partial charge in [-0.25, -0.2) is 0 Å². The fourth-order valence-electron chi connectivity index (χ4n) is 8.43. The molecule has 59 heavy (non-hydrogen) atoms. The van der Waals surface area contributed by atoms with Crippen molar-refractivity contribution in [3.8, 4) is 0 Å². The maximum absolute atomic E-state index is 13.5. The van der Waals surface area contributed by atoms with Gasteiger partial charge in [0.05, 0.1) is 44.5 Å². The lowest BCUT2D eigenvalue weighted by molar-refractivity contribution is 0.0640. The van der Waals surface area contributed by atoms with Crippen molar-refractivity contribution in [2.75, 3.05) is 46.8 Å². The molecule has 0 radical (unpaired) electrons. The van der Waals surface area contributed by atoms with Gasteiger partial charge in [-0.3, -0.25) is 58.0 Å². The Balaban J connectivity index is 0.844. The van der Waals surface area contributed by atoms with E-state index in [1.807, 2.05) is 12.1 Å². The van der Waals surface area contributed by atoms with Crippen LogP contribution in [-0.4, -0.2) is 119 Å². The minimum Gasteiger partial charge on any atom is -0.303 e. The Morgan fingerprint density at radius 2 is 0.678 bits per heavy atom. The number of benzene rings is 4. The molecule has 0 bridgehead atoms. The molecule has 4 heterocycles. The maximum Gasteiger partial charge on any atom is 0.261 e. The van der Waals surface area contributed by atoms with Crippen LogP contribution in [0.3, 0.4) is 0 Å². The summed E-state index contributed by atoms with van der Waals surface area (Å²) in [4.78, 5) is 110. The number of imide groups is 4. The van der Waals surface area contributed by atoms with E-state index >= 15 is 0 Å². The van der Waals surface area contributed by atoms with Gasteiger partial charge in [0.1, 0.15) is 0 Å². The molecule has 4 aromatic carbocycles. The van der Waals surface area contributed by atoms with Crippen molar-refractivity contribution in [1.29, 1.82) is 0 Å². The average Bonchev–Trinajstić information content (AvgIpc) is 3.79. The number of carbonyl (C=O) groups excluding carboxylic acids is 8. The predicted molar refractivity (Wildman–Crippen MR) is 216 cm³/mol. The van der Waals surface area contributed by atoms with Gasteiger partial charge in [-0.1, -0.05) is 37.6 Å². The Hall–Kier alpha value is -6.60. The van der Waals surface area contributed by atoms with Crippen LogP contribution in [0.15, 0.2) is 72.8 Å².